The van der Waals surface area contributed by atoms with Gasteiger partial charge in [0.25, 0.3) is 5.88 Å². The zero-order valence-electron chi connectivity index (χ0n) is 8.90. The van der Waals surface area contributed by atoms with Crippen molar-refractivity contribution in [1.29, 1.82) is 0 Å². The van der Waals surface area contributed by atoms with E-state index in [1.54, 1.807) is 0 Å². The van der Waals surface area contributed by atoms with Crippen molar-refractivity contribution in [3.8, 4) is 5.88 Å². The summed E-state index contributed by atoms with van der Waals surface area (Å²) in [7, 11) is 0. The Bertz CT molecular complexity index is 373. The summed E-state index contributed by atoms with van der Waals surface area (Å²) in [5.74, 6) is -0.669. The summed E-state index contributed by atoms with van der Waals surface area (Å²) in [6.07, 6.45) is 3.84. The van der Waals surface area contributed by atoms with Crippen molar-refractivity contribution in [2.24, 2.45) is 0 Å². The molecule has 88 valence electrons. The fourth-order valence-electron chi connectivity index (χ4n) is 1.89. The summed E-state index contributed by atoms with van der Waals surface area (Å²) in [5, 5.41) is 9.68. The minimum atomic E-state index is -0.585. The molecule has 0 spiro atoms. The quantitative estimate of drug-likeness (QED) is 0.801. The number of nitrogens with zero attached hydrogens (tertiary/aromatic N) is 1. The molecule has 1 aliphatic carbocycles. The number of rotatable bonds is 2. The number of anilines is 1. The number of hydrogen-bond acceptors (Lipinski definition) is 4. The Hall–Kier alpha value is -1.36. The van der Waals surface area contributed by atoms with E-state index in [1.807, 2.05) is 0 Å². The van der Waals surface area contributed by atoms with Gasteiger partial charge in [-0.1, -0.05) is 6.42 Å². The zero-order valence-corrected chi connectivity index (χ0v) is 8.90. The Morgan fingerprint density at radius 1 is 1.44 bits per heavy atom. The molecule has 0 bridgehead atoms. The maximum Gasteiger partial charge on any atom is 0.250 e. The Labute approximate surface area is 93.2 Å². The molecule has 0 amide bonds. The average Bonchev–Trinajstić information content (AvgIpc) is 2.25. The first kappa shape index (κ1) is 11.1. The second kappa shape index (κ2) is 4.65. The highest BCUT2D eigenvalue weighted by molar-refractivity contribution is 5.37. The van der Waals surface area contributed by atoms with Crippen LogP contribution in [0.15, 0.2) is 12.3 Å². The highest BCUT2D eigenvalue weighted by Gasteiger charge is 2.25. The number of nitrogen functional groups attached to an aromatic ring is 1. The van der Waals surface area contributed by atoms with E-state index < -0.39 is 11.9 Å². The van der Waals surface area contributed by atoms with Crippen LogP contribution in [0.4, 0.5) is 10.1 Å². The lowest BCUT2D eigenvalue weighted by Gasteiger charge is -2.27. The number of pyridine rings is 1. The number of aliphatic hydroxyl groups is 1. The normalized spacial score (nSPS) is 25.4. The summed E-state index contributed by atoms with van der Waals surface area (Å²) < 4.78 is 18.7. The predicted molar refractivity (Wildman–Crippen MR) is 57.5 cm³/mol. The van der Waals surface area contributed by atoms with E-state index in [1.165, 1.54) is 6.20 Å². The first-order valence-corrected chi connectivity index (χ1v) is 5.42. The number of aromatic nitrogens is 1. The minimum Gasteiger partial charge on any atom is -0.470 e. The second-order valence-electron chi connectivity index (χ2n) is 4.06. The van der Waals surface area contributed by atoms with E-state index in [-0.39, 0.29) is 17.7 Å². The van der Waals surface area contributed by atoms with Crippen LogP contribution in [-0.4, -0.2) is 22.3 Å². The van der Waals surface area contributed by atoms with Crippen molar-refractivity contribution >= 4 is 5.69 Å². The molecule has 16 heavy (non-hydrogen) atoms. The molecule has 4 nitrogen and oxygen atoms in total. The van der Waals surface area contributed by atoms with Crippen LogP contribution < -0.4 is 10.5 Å². The lowest BCUT2D eigenvalue weighted by Crippen LogP contribution is -2.35. The molecule has 1 saturated carbocycles. The maximum absolute atomic E-state index is 13.4. The number of hydrogen-bond donors (Lipinski definition) is 2. The molecule has 0 saturated heterocycles. The third-order valence-corrected chi connectivity index (χ3v) is 2.76. The predicted octanol–water partition coefficient (Wildman–Crippen LogP) is 1.49. The van der Waals surface area contributed by atoms with Gasteiger partial charge in [0.15, 0.2) is 5.82 Å². The first-order chi connectivity index (χ1) is 7.66. The van der Waals surface area contributed by atoms with Gasteiger partial charge in [0.2, 0.25) is 0 Å². The van der Waals surface area contributed by atoms with Gasteiger partial charge >= 0.3 is 0 Å². The van der Waals surface area contributed by atoms with Gasteiger partial charge in [-0.05, 0) is 19.3 Å². The number of aliphatic hydroxyl groups excluding tert-OH is 1. The van der Waals surface area contributed by atoms with Crippen LogP contribution in [0, 0.1) is 5.82 Å². The zero-order chi connectivity index (χ0) is 11.5. The summed E-state index contributed by atoms with van der Waals surface area (Å²) >= 11 is 0. The fraction of sp³-hybridized carbons (Fsp3) is 0.545. The standard InChI is InChI=1S/C11H15FN2O2/c12-8-5-7(13)6-14-11(8)16-10-4-2-1-3-9(10)15/h5-6,9-10,15H,1-4,13H2/t9?,10-/m0/s1. The summed E-state index contributed by atoms with van der Waals surface area (Å²) in [6, 6.07) is 1.16. The topological polar surface area (TPSA) is 68.4 Å². The lowest BCUT2D eigenvalue weighted by molar-refractivity contribution is 0.00247. The van der Waals surface area contributed by atoms with E-state index in [4.69, 9.17) is 10.5 Å². The smallest absolute Gasteiger partial charge is 0.250 e. The molecule has 1 aliphatic rings. The molecule has 1 aromatic heterocycles. The summed E-state index contributed by atoms with van der Waals surface area (Å²) in [4.78, 5) is 3.77. The monoisotopic (exact) mass is 226 g/mol. The van der Waals surface area contributed by atoms with Gasteiger partial charge in [-0.15, -0.1) is 0 Å². The van der Waals surface area contributed by atoms with E-state index in [0.29, 0.717) is 6.42 Å². The largest absolute Gasteiger partial charge is 0.470 e. The number of halogens is 1. The van der Waals surface area contributed by atoms with Crippen LogP contribution in [0.3, 0.4) is 0 Å². The Kier molecular flexibility index (Phi) is 3.24. The highest BCUT2D eigenvalue weighted by Crippen LogP contribution is 2.24. The van der Waals surface area contributed by atoms with Crippen LogP contribution in [0.1, 0.15) is 25.7 Å². The molecule has 5 heteroatoms. The highest BCUT2D eigenvalue weighted by atomic mass is 19.1. The maximum atomic E-state index is 13.4. The molecule has 1 unspecified atom stereocenters. The van der Waals surface area contributed by atoms with Crippen molar-refractivity contribution < 1.29 is 14.2 Å². The molecule has 2 atom stereocenters. The van der Waals surface area contributed by atoms with Crippen molar-refractivity contribution in [2.75, 3.05) is 5.73 Å². The minimum absolute atomic E-state index is 0.0832. The van der Waals surface area contributed by atoms with E-state index in [2.05, 4.69) is 4.98 Å². The van der Waals surface area contributed by atoms with Crippen LogP contribution in [0.25, 0.3) is 0 Å². The van der Waals surface area contributed by atoms with Gasteiger partial charge in [-0.2, -0.15) is 0 Å². The second-order valence-corrected chi connectivity index (χ2v) is 4.06. The van der Waals surface area contributed by atoms with Gasteiger partial charge in [0, 0.05) is 6.07 Å². The fourth-order valence-corrected chi connectivity index (χ4v) is 1.89. The third kappa shape index (κ3) is 2.41. The summed E-state index contributed by atoms with van der Waals surface area (Å²) in [6.45, 7) is 0. The van der Waals surface area contributed by atoms with E-state index in [9.17, 15) is 9.50 Å². The number of ether oxygens (including phenoxy) is 1. The Morgan fingerprint density at radius 3 is 2.88 bits per heavy atom. The average molecular weight is 226 g/mol. The van der Waals surface area contributed by atoms with E-state index in [0.717, 1.165) is 25.3 Å². The van der Waals surface area contributed by atoms with Crippen LogP contribution >= 0.6 is 0 Å². The van der Waals surface area contributed by atoms with Crippen molar-refractivity contribution in [3.05, 3.63) is 18.1 Å². The third-order valence-electron chi connectivity index (χ3n) is 2.76. The summed E-state index contributed by atoms with van der Waals surface area (Å²) in [5.41, 5.74) is 5.64. The molecule has 0 aliphatic heterocycles. The molecular formula is C11H15FN2O2. The molecule has 1 aromatic rings. The first-order valence-electron chi connectivity index (χ1n) is 5.42. The van der Waals surface area contributed by atoms with Crippen LogP contribution in [0.5, 0.6) is 5.88 Å². The molecule has 3 N–H and O–H groups in total. The van der Waals surface area contributed by atoms with Crippen molar-refractivity contribution in [2.45, 2.75) is 37.9 Å². The van der Waals surface area contributed by atoms with Gasteiger partial charge in [-0.3, -0.25) is 0 Å². The molecule has 2 rings (SSSR count). The van der Waals surface area contributed by atoms with Crippen molar-refractivity contribution in [3.63, 3.8) is 0 Å². The van der Waals surface area contributed by atoms with Gasteiger partial charge < -0.3 is 15.6 Å². The van der Waals surface area contributed by atoms with Crippen LogP contribution in [0.2, 0.25) is 0 Å². The number of nitrogens with two attached hydrogens (primary N) is 1. The molecule has 1 fully saturated rings. The van der Waals surface area contributed by atoms with Gasteiger partial charge in [0.05, 0.1) is 18.0 Å². The molecule has 1 heterocycles. The molecule has 0 radical (unpaired) electrons. The van der Waals surface area contributed by atoms with Gasteiger partial charge in [-0.25, -0.2) is 9.37 Å². The van der Waals surface area contributed by atoms with Gasteiger partial charge in [0.1, 0.15) is 6.10 Å². The van der Waals surface area contributed by atoms with Crippen LogP contribution in [-0.2, 0) is 0 Å². The molecule has 0 aromatic carbocycles. The SMILES string of the molecule is Nc1cnc(O[C@H]2CCCCC2O)c(F)c1. The van der Waals surface area contributed by atoms with E-state index >= 15 is 0 Å². The van der Waals surface area contributed by atoms with Crippen molar-refractivity contribution in [1.82, 2.24) is 4.98 Å². The Balaban J connectivity index is 2.07. The Morgan fingerprint density at radius 2 is 2.19 bits per heavy atom. The molecular weight excluding hydrogens is 211 g/mol. The lowest BCUT2D eigenvalue weighted by atomic mass is 9.95.